The van der Waals surface area contributed by atoms with Crippen molar-refractivity contribution in [2.24, 2.45) is 5.73 Å². The standard InChI is InChI=1S/C9H10ClNO3.ClH/c10-4-6-3-5(1-2-7(6)12)8(11)9(13)14;/h1-3,8,12H,4,11H2,(H,13,14);1H. The molecule has 4 N–H and O–H groups in total. The van der Waals surface area contributed by atoms with Gasteiger partial charge in [-0.05, 0) is 17.7 Å². The molecule has 0 aliphatic rings. The first-order valence-corrected chi connectivity index (χ1v) is 4.46. The second kappa shape index (κ2) is 5.80. The quantitative estimate of drug-likeness (QED) is 0.714. The molecule has 0 fully saturated rings. The molecule has 0 saturated heterocycles. The van der Waals surface area contributed by atoms with Crippen LogP contribution in [0.25, 0.3) is 0 Å². The number of rotatable bonds is 3. The zero-order valence-electron chi connectivity index (χ0n) is 7.68. The summed E-state index contributed by atoms with van der Waals surface area (Å²) in [7, 11) is 0. The maximum absolute atomic E-state index is 10.6. The molecule has 0 aliphatic heterocycles. The molecule has 1 unspecified atom stereocenters. The maximum Gasteiger partial charge on any atom is 0.325 e. The van der Waals surface area contributed by atoms with Crippen molar-refractivity contribution >= 4 is 30.0 Å². The van der Waals surface area contributed by atoms with Gasteiger partial charge >= 0.3 is 5.97 Å². The number of hydrogen-bond donors (Lipinski definition) is 3. The number of carboxylic acid groups (broad SMARTS) is 1. The Kier molecular flexibility index (Phi) is 5.43. The molecule has 1 atom stereocenters. The molecule has 0 bridgehead atoms. The van der Waals surface area contributed by atoms with Crippen LogP contribution < -0.4 is 5.73 Å². The van der Waals surface area contributed by atoms with Crippen LogP contribution in [0.15, 0.2) is 18.2 Å². The van der Waals surface area contributed by atoms with Gasteiger partial charge in [-0.15, -0.1) is 24.0 Å². The van der Waals surface area contributed by atoms with E-state index in [1.165, 1.54) is 18.2 Å². The number of aliphatic carboxylic acids is 1. The SMILES string of the molecule is Cl.NC(C(=O)O)c1ccc(O)c(CCl)c1. The summed E-state index contributed by atoms with van der Waals surface area (Å²) in [4.78, 5) is 10.6. The molecule has 6 heteroatoms. The van der Waals surface area contributed by atoms with Crippen LogP contribution in [0.3, 0.4) is 0 Å². The molecule has 0 saturated carbocycles. The second-order valence-corrected chi connectivity index (χ2v) is 3.10. The summed E-state index contributed by atoms with van der Waals surface area (Å²) >= 11 is 5.54. The van der Waals surface area contributed by atoms with Gasteiger partial charge in [0.15, 0.2) is 0 Å². The molecule has 0 aromatic heterocycles. The summed E-state index contributed by atoms with van der Waals surface area (Å²) in [5.41, 5.74) is 6.28. The Morgan fingerprint density at radius 1 is 1.53 bits per heavy atom. The normalized spacial score (nSPS) is 11.6. The maximum atomic E-state index is 10.6. The fraction of sp³-hybridized carbons (Fsp3) is 0.222. The summed E-state index contributed by atoms with van der Waals surface area (Å²) in [6.07, 6.45) is 0. The van der Waals surface area contributed by atoms with Crippen molar-refractivity contribution < 1.29 is 15.0 Å². The minimum absolute atomic E-state index is 0. The number of carbonyl (C=O) groups is 1. The summed E-state index contributed by atoms with van der Waals surface area (Å²) in [5, 5.41) is 17.9. The molecule has 84 valence electrons. The smallest absolute Gasteiger partial charge is 0.325 e. The number of phenolic OH excluding ortho intramolecular Hbond substituents is 1. The van der Waals surface area contributed by atoms with E-state index in [0.29, 0.717) is 11.1 Å². The Morgan fingerprint density at radius 2 is 2.13 bits per heavy atom. The molecule has 0 spiro atoms. The molecule has 0 radical (unpaired) electrons. The molecule has 0 aliphatic carbocycles. The minimum atomic E-state index is -1.11. The number of halogens is 2. The van der Waals surface area contributed by atoms with Crippen LogP contribution >= 0.6 is 24.0 Å². The van der Waals surface area contributed by atoms with Crippen molar-refractivity contribution in [2.45, 2.75) is 11.9 Å². The van der Waals surface area contributed by atoms with Crippen molar-refractivity contribution in [3.63, 3.8) is 0 Å². The third-order valence-corrected chi connectivity index (χ3v) is 2.16. The number of benzene rings is 1. The molecule has 1 rings (SSSR count). The Hall–Kier alpha value is -0.970. The Morgan fingerprint density at radius 3 is 2.60 bits per heavy atom. The first-order valence-electron chi connectivity index (χ1n) is 3.92. The van der Waals surface area contributed by atoms with Crippen molar-refractivity contribution in [2.75, 3.05) is 0 Å². The van der Waals surface area contributed by atoms with E-state index in [2.05, 4.69) is 0 Å². The predicted octanol–water partition coefficient (Wildman–Crippen LogP) is 1.64. The average Bonchev–Trinajstić information content (AvgIpc) is 2.17. The first kappa shape index (κ1) is 14.0. The lowest BCUT2D eigenvalue weighted by Crippen LogP contribution is -2.20. The lowest BCUT2D eigenvalue weighted by Gasteiger charge is -2.08. The molecule has 4 nitrogen and oxygen atoms in total. The van der Waals surface area contributed by atoms with Crippen LogP contribution in [-0.4, -0.2) is 16.2 Å². The Bertz CT molecular complexity index is 357. The van der Waals surface area contributed by atoms with Crippen molar-refractivity contribution in [1.29, 1.82) is 0 Å². The van der Waals surface area contributed by atoms with E-state index in [9.17, 15) is 9.90 Å². The third-order valence-electron chi connectivity index (χ3n) is 1.87. The van der Waals surface area contributed by atoms with Gasteiger partial charge in [0.25, 0.3) is 0 Å². The first-order chi connectivity index (χ1) is 6.56. The molecule has 0 heterocycles. The Labute approximate surface area is 98.1 Å². The van der Waals surface area contributed by atoms with E-state index in [-0.39, 0.29) is 24.0 Å². The lowest BCUT2D eigenvalue weighted by molar-refractivity contribution is -0.138. The zero-order chi connectivity index (χ0) is 10.7. The topological polar surface area (TPSA) is 83.6 Å². The summed E-state index contributed by atoms with van der Waals surface area (Å²) < 4.78 is 0. The highest BCUT2D eigenvalue weighted by Gasteiger charge is 2.15. The van der Waals surface area contributed by atoms with Crippen LogP contribution in [0, 0.1) is 0 Å². The number of phenols is 1. The van der Waals surface area contributed by atoms with Crippen molar-refractivity contribution in [1.82, 2.24) is 0 Å². The summed E-state index contributed by atoms with van der Waals surface area (Å²) in [5.74, 6) is -0.955. The van der Waals surface area contributed by atoms with Gasteiger partial charge in [-0.1, -0.05) is 6.07 Å². The van der Waals surface area contributed by atoms with Gasteiger partial charge in [0.1, 0.15) is 11.8 Å². The van der Waals surface area contributed by atoms with E-state index >= 15 is 0 Å². The van der Waals surface area contributed by atoms with Gasteiger partial charge < -0.3 is 15.9 Å². The largest absolute Gasteiger partial charge is 0.508 e. The van der Waals surface area contributed by atoms with E-state index in [1.807, 2.05) is 0 Å². The highest BCUT2D eigenvalue weighted by Crippen LogP contribution is 2.22. The third kappa shape index (κ3) is 3.27. The lowest BCUT2D eigenvalue weighted by atomic mass is 10.0. The fourth-order valence-corrected chi connectivity index (χ4v) is 1.26. The van der Waals surface area contributed by atoms with Crippen molar-refractivity contribution in [3.05, 3.63) is 29.3 Å². The number of carboxylic acids is 1. The number of alkyl halides is 1. The van der Waals surface area contributed by atoms with E-state index in [4.69, 9.17) is 22.4 Å². The number of hydrogen-bond acceptors (Lipinski definition) is 3. The predicted molar refractivity (Wildman–Crippen MR) is 59.5 cm³/mol. The van der Waals surface area contributed by atoms with Gasteiger partial charge in [-0.3, -0.25) is 4.79 Å². The second-order valence-electron chi connectivity index (χ2n) is 2.84. The van der Waals surface area contributed by atoms with Gasteiger partial charge in [0.2, 0.25) is 0 Å². The Balaban J connectivity index is 0.00000196. The molecular formula is C9H11Cl2NO3. The molecular weight excluding hydrogens is 241 g/mol. The molecule has 1 aromatic rings. The molecule has 0 amide bonds. The van der Waals surface area contributed by atoms with E-state index in [0.717, 1.165) is 0 Å². The van der Waals surface area contributed by atoms with Crippen molar-refractivity contribution in [3.8, 4) is 5.75 Å². The summed E-state index contributed by atoms with van der Waals surface area (Å²) in [6.45, 7) is 0. The minimum Gasteiger partial charge on any atom is -0.508 e. The number of nitrogens with two attached hydrogens (primary N) is 1. The molecule has 15 heavy (non-hydrogen) atoms. The van der Waals surface area contributed by atoms with E-state index in [1.54, 1.807) is 0 Å². The van der Waals surface area contributed by atoms with Gasteiger partial charge in [0, 0.05) is 5.56 Å². The van der Waals surface area contributed by atoms with Crippen LogP contribution in [0.4, 0.5) is 0 Å². The van der Waals surface area contributed by atoms with Gasteiger partial charge in [-0.2, -0.15) is 0 Å². The van der Waals surface area contributed by atoms with E-state index < -0.39 is 12.0 Å². The monoisotopic (exact) mass is 251 g/mol. The zero-order valence-corrected chi connectivity index (χ0v) is 9.26. The molecule has 1 aromatic carbocycles. The fourth-order valence-electron chi connectivity index (χ4n) is 1.05. The van der Waals surface area contributed by atoms with Crippen LogP contribution in [-0.2, 0) is 10.7 Å². The summed E-state index contributed by atoms with van der Waals surface area (Å²) in [6, 6.07) is 3.25. The van der Waals surface area contributed by atoms with Gasteiger partial charge in [0.05, 0.1) is 5.88 Å². The average molecular weight is 252 g/mol. The highest BCUT2D eigenvalue weighted by atomic mass is 35.5. The van der Waals surface area contributed by atoms with Crippen LogP contribution in [0.2, 0.25) is 0 Å². The highest BCUT2D eigenvalue weighted by molar-refractivity contribution is 6.17. The number of aromatic hydroxyl groups is 1. The van der Waals surface area contributed by atoms with Crippen LogP contribution in [0.1, 0.15) is 17.2 Å². The van der Waals surface area contributed by atoms with Gasteiger partial charge in [-0.25, -0.2) is 0 Å². The van der Waals surface area contributed by atoms with Crippen LogP contribution in [0.5, 0.6) is 5.75 Å².